The van der Waals surface area contributed by atoms with E-state index in [1.54, 1.807) is 12.1 Å². The van der Waals surface area contributed by atoms with Gasteiger partial charge >= 0.3 is 5.97 Å². The highest BCUT2D eigenvalue weighted by atomic mass is 16.5. The van der Waals surface area contributed by atoms with Gasteiger partial charge in [0.15, 0.2) is 0 Å². The molecule has 0 unspecified atom stereocenters. The van der Waals surface area contributed by atoms with Gasteiger partial charge in [0.1, 0.15) is 11.3 Å². The maximum atomic E-state index is 11.4. The van der Waals surface area contributed by atoms with E-state index in [2.05, 4.69) is 4.74 Å². The number of methoxy groups -OCH3 is 1. The molecular formula is C13H19NO3. The molecule has 3 N–H and O–H groups in total. The van der Waals surface area contributed by atoms with Gasteiger partial charge in [0.25, 0.3) is 0 Å². The van der Waals surface area contributed by atoms with Crippen molar-refractivity contribution in [2.45, 2.75) is 32.2 Å². The monoisotopic (exact) mass is 237 g/mol. The van der Waals surface area contributed by atoms with Gasteiger partial charge in [0.2, 0.25) is 0 Å². The Bertz CT molecular complexity index is 408. The molecule has 1 aromatic carbocycles. The van der Waals surface area contributed by atoms with Crippen molar-refractivity contribution in [3.05, 3.63) is 29.3 Å². The Hall–Kier alpha value is -1.55. The topological polar surface area (TPSA) is 72.5 Å². The average Bonchev–Trinajstić information content (AvgIpc) is 2.26. The molecule has 0 saturated heterocycles. The number of phenols is 1. The quantitative estimate of drug-likeness (QED) is 0.784. The molecule has 4 heteroatoms. The zero-order valence-electron chi connectivity index (χ0n) is 10.5. The minimum absolute atomic E-state index is 0.0624. The lowest BCUT2D eigenvalue weighted by atomic mass is 9.95. The first kappa shape index (κ1) is 13.5. The third-order valence-electron chi connectivity index (χ3n) is 2.52. The number of aromatic hydroxyl groups is 1. The van der Waals surface area contributed by atoms with E-state index >= 15 is 0 Å². The Morgan fingerprint density at radius 2 is 2.12 bits per heavy atom. The number of hydrogen-bond acceptors (Lipinski definition) is 4. The number of aryl methyl sites for hydroxylation is 1. The van der Waals surface area contributed by atoms with Crippen molar-refractivity contribution in [3.8, 4) is 5.75 Å². The first-order chi connectivity index (χ1) is 7.83. The van der Waals surface area contributed by atoms with E-state index in [0.717, 1.165) is 18.4 Å². The van der Waals surface area contributed by atoms with Crippen LogP contribution in [0.3, 0.4) is 0 Å². The second kappa shape index (κ2) is 5.19. The molecule has 1 aromatic rings. The van der Waals surface area contributed by atoms with Gasteiger partial charge in [-0.05, 0) is 44.4 Å². The number of carbonyl (C=O) groups excluding carboxylic acids is 1. The van der Waals surface area contributed by atoms with Gasteiger partial charge in [0, 0.05) is 5.54 Å². The predicted molar refractivity (Wildman–Crippen MR) is 66.0 cm³/mol. The lowest BCUT2D eigenvalue weighted by Crippen LogP contribution is -2.32. The molecule has 0 bridgehead atoms. The summed E-state index contributed by atoms with van der Waals surface area (Å²) >= 11 is 0. The zero-order valence-corrected chi connectivity index (χ0v) is 10.5. The number of rotatable bonds is 4. The van der Waals surface area contributed by atoms with E-state index in [9.17, 15) is 9.90 Å². The molecule has 0 aliphatic rings. The number of nitrogens with two attached hydrogens (primary N) is 1. The van der Waals surface area contributed by atoms with E-state index in [1.165, 1.54) is 13.2 Å². The number of phenolic OH excluding ortho intramolecular Hbond substituents is 1. The van der Waals surface area contributed by atoms with Crippen molar-refractivity contribution < 1.29 is 14.6 Å². The first-order valence-corrected chi connectivity index (χ1v) is 5.52. The van der Waals surface area contributed by atoms with Crippen LogP contribution >= 0.6 is 0 Å². The summed E-state index contributed by atoms with van der Waals surface area (Å²) < 4.78 is 4.59. The number of ether oxygens (including phenoxy) is 1. The normalized spacial score (nSPS) is 11.3. The molecule has 94 valence electrons. The molecule has 0 atom stereocenters. The van der Waals surface area contributed by atoms with Crippen molar-refractivity contribution in [2.75, 3.05) is 7.11 Å². The number of hydrogen-bond donors (Lipinski definition) is 2. The molecule has 1 rings (SSSR count). The van der Waals surface area contributed by atoms with Crippen LogP contribution in [0.1, 0.15) is 36.2 Å². The van der Waals surface area contributed by atoms with Gasteiger partial charge in [-0.2, -0.15) is 0 Å². The van der Waals surface area contributed by atoms with Gasteiger partial charge in [-0.1, -0.05) is 6.07 Å². The fourth-order valence-corrected chi connectivity index (χ4v) is 1.48. The fourth-order valence-electron chi connectivity index (χ4n) is 1.48. The molecule has 0 aromatic heterocycles. The summed E-state index contributed by atoms with van der Waals surface area (Å²) in [5.41, 5.74) is 6.80. The largest absolute Gasteiger partial charge is 0.507 e. The summed E-state index contributed by atoms with van der Waals surface area (Å²) in [7, 11) is 1.29. The smallest absolute Gasteiger partial charge is 0.341 e. The Labute approximate surface area is 101 Å². The molecule has 0 aliphatic heterocycles. The Morgan fingerprint density at radius 1 is 1.47 bits per heavy atom. The van der Waals surface area contributed by atoms with Gasteiger partial charge in [0.05, 0.1) is 7.11 Å². The van der Waals surface area contributed by atoms with Crippen LogP contribution < -0.4 is 5.73 Å². The standard InChI is InChI=1S/C13H19NO3/c1-13(2,14)7-6-9-4-5-11(15)10(8-9)12(16)17-3/h4-5,8,15H,6-7,14H2,1-3H3. The van der Waals surface area contributed by atoms with Gasteiger partial charge in [-0.3, -0.25) is 0 Å². The number of esters is 1. The molecule has 0 amide bonds. The Balaban J connectivity index is 2.86. The van der Waals surface area contributed by atoms with Crippen LogP contribution in [-0.4, -0.2) is 23.7 Å². The second-order valence-corrected chi connectivity index (χ2v) is 4.83. The highest BCUT2D eigenvalue weighted by molar-refractivity contribution is 5.92. The van der Waals surface area contributed by atoms with Crippen molar-refractivity contribution in [2.24, 2.45) is 5.73 Å². The third-order valence-corrected chi connectivity index (χ3v) is 2.52. The van der Waals surface area contributed by atoms with Crippen molar-refractivity contribution in [1.29, 1.82) is 0 Å². The van der Waals surface area contributed by atoms with Crippen LogP contribution in [0.5, 0.6) is 5.75 Å². The molecule has 4 nitrogen and oxygen atoms in total. The molecule has 0 fully saturated rings. The maximum absolute atomic E-state index is 11.4. The average molecular weight is 237 g/mol. The van der Waals surface area contributed by atoms with Crippen molar-refractivity contribution in [3.63, 3.8) is 0 Å². The van der Waals surface area contributed by atoms with Crippen molar-refractivity contribution >= 4 is 5.97 Å². The highest BCUT2D eigenvalue weighted by Gasteiger charge is 2.14. The zero-order chi connectivity index (χ0) is 13.1. The van der Waals surface area contributed by atoms with E-state index in [4.69, 9.17) is 5.73 Å². The summed E-state index contributed by atoms with van der Waals surface area (Å²) in [6.45, 7) is 3.91. The van der Waals surface area contributed by atoms with Gasteiger partial charge < -0.3 is 15.6 Å². The summed E-state index contributed by atoms with van der Waals surface area (Å²) in [6.07, 6.45) is 1.56. The molecular weight excluding hydrogens is 218 g/mol. The molecule has 17 heavy (non-hydrogen) atoms. The van der Waals surface area contributed by atoms with E-state index in [1.807, 2.05) is 13.8 Å². The van der Waals surface area contributed by atoms with Crippen LogP contribution in [0.4, 0.5) is 0 Å². The van der Waals surface area contributed by atoms with Crippen LogP contribution in [0.15, 0.2) is 18.2 Å². The van der Waals surface area contributed by atoms with Crippen LogP contribution in [0.25, 0.3) is 0 Å². The Kier molecular flexibility index (Phi) is 4.12. The van der Waals surface area contributed by atoms with Crippen LogP contribution in [0.2, 0.25) is 0 Å². The lowest BCUT2D eigenvalue weighted by molar-refractivity contribution is 0.0597. The number of carbonyl (C=O) groups is 1. The van der Waals surface area contributed by atoms with E-state index in [0.29, 0.717) is 0 Å². The maximum Gasteiger partial charge on any atom is 0.341 e. The first-order valence-electron chi connectivity index (χ1n) is 5.52. The SMILES string of the molecule is COC(=O)c1cc(CCC(C)(C)N)ccc1O. The lowest BCUT2D eigenvalue weighted by Gasteiger charge is -2.18. The van der Waals surface area contributed by atoms with Crippen LogP contribution in [-0.2, 0) is 11.2 Å². The molecule has 0 radical (unpaired) electrons. The van der Waals surface area contributed by atoms with E-state index in [-0.39, 0.29) is 16.9 Å². The second-order valence-electron chi connectivity index (χ2n) is 4.83. The predicted octanol–water partition coefficient (Wildman–Crippen LogP) is 1.85. The number of benzene rings is 1. The van der Waals surface area contributed by atoms with Crippen LogP contribution in [0, 0.1) is 0 Å². The van der Waals surface area contributed by atoms with Gasteiger partial charge in [-0.25, -0.2) is 4.79 Å². The minimum Gasteiger partial charge on any atom is -0.507 e. The summed E-state index contributed by atoms with van der Waals surface area (Å²) in [5.74, 6) is -0.594. The molecule has 0 spiro atoms. The van der Waals surface area contributed by atoms with E-state index < -0.39 is 5.97 Å². The molecule has 0 saturated carbocycles. The summed E-state index contributed by atoms with van der Waals surface area (Å²) in [4.78, 5) is 11.4. The summed E-state index contributed by atoms with van der Waals surface area (Å²) in [5, 5.41) is 9.54. The fraction of sp³-hybridized carbons (Fsp3) is 0.462. The Morgan fingerprint density at radius 3 is 2.65 bits per heavy atom. The third kappa shape index (κ3) is 4.07. The summed E-state index contributed by atoms with van der Waals surface area (Å²) in [6, 6.07) is 4.94. The van der Waals surface area contributed by atoms with Gasteiger partial charge in [-0.15, -0.1) is 0 Å². The molecule has 0 heterocycles. The minimum atomic E-state index is -0.531. The molecule has 0 aliphatic carbocycles. The highest BCUT2D eigenvalue weighted by Crippen LogP contribution is 2.21. The van der Waals surface area contributed by atoms with Crippen molar-refractivity contribution in [1.82, 2.24) is 0 Å².